The molecule has 0 saturated carbocycles. The van der Waals surface area contributed by atoms with Crippen LogP contribution in [0.25, 0.3) is 60.6 Å². The first kappa shape index (κ1) is 26.0. The molecule has 0 spiro atoms. The molecule has 6 aromatic rings. The van der Waals surface area contributed by atoms with E-state index in [1.165, 1.54) is 71.7 Å². The maximum Gasteiger partial charge on any atom is 0.0630 e. The SMILES string of the molecule is C1=CCCC(n2c3ccccc3c3c(C4=CI=CC=C4)c4c(c(C5C=CC=CC5)c32)c2ccccc2n4-c2ccccc2)=C1. The minimum atomic E-state index is -0.156. The first-order valence-corrected chi connectivity index (χ1v) is 18.0. The van der Waals surface area contributed by atoms with Gasteiger partial charge in [0.1, 0.15) is 0 Å². The van der Waals surface area contributed by atoms with Crippen LogP contribution in [0.1, 0.15) is 36.3 Å². The Kier molecular flexibility index (Phi) is 6.26. The summed E-state index contributed by atoms with van der Waals surface area (Å²) < 4.78 is 10.1. The number of benzene rings is 4. The zero-order chi connectivity index (χ0) is 29.0. The van der Waals surface area contributed by atoms with Gasteiger partial charge in [-0.1, -0.05) is 124 Å². The third kappa shape index (κ3) is 3.88. The topological polar surface area (TPSA) is 9.86 Å². The molecule has 9 rings (SSSR count). The Bertz CT molecular complexity index is 2350. The van der Waals surface area contributed by atoms with Crippen LogP contribution in [0, 0.1) is 0 Å². The van der Waals surface area contributed by atoms with Crippen LogP contribution in [0.15, 0.2) is 138 Å². The maximum atomic E-state index is 2.63. The van der Waals surface area contributed by atoms with Gasteiger partial charge in [-0.05, 0) is 68.8 Å². The van der Waals surface area contributed by atoms with Crippen molar-refractivity contribution >= 4 is 79.6 Å². The number of hydrogen-bond donors (Lipinski definition) is 0. The summed E-state index contributed by atoms with van der Waals surface area (Å²) in [6, 6.07) is 29.1. The van der Waals surface area contributed by atoms with E-state index in [9.17, 15) is 0 Å². The summed E-state index contributed by atoms with van der Waals surface area (Å²) in [6.45, 7) is 0. The van der Waals surface area contributed by atoms with Crippen molar-refractivity contribution in [3.05, 3.63) is 149 Å². The highest BCUT2D eigenvalue weighted by molar-refractivity contribution is 14.2. The van der Waals surface area contributed by atoms with E-state index < -0.39 is 0 Å². The molecule has 2 aliphatic carbocycles. The van der Waals surface area contributed by atoms with Crippen LogP contribution >= 0.6 is 20.7 Å². The Labute approximate surface area is 267 Å². The van der Waals surface area contributed by atoms with Crippen LogP contribution < -0.4 is 0 Å². The molecule has 0 radical (unpaired) electrons. The molecule has 0 N–H and O–H groups in total. The molecule has 4 aromatic carbocycles. The molecule has 1 aliphatic heterocycles. The van der Waals surface area contributed by atoms with E-state index in [1.807, 2.05) is 0 Å². The van der Waals surface area contributed by atoms with Crippen LogP contribution in [0.2, 0.25) is 0 Å². The highest BCUT2D eigenvalue weighted by Crippen LogP contribution is 2.51. The summed E-state index contributed by atoms with van der Waals surface area (Å²) in [5, 5.41) is 5.42. The molecule has 0 bridgehead atoms. The maximum absolute atomic E-state index is 2.63. The molecule has 212 valence electrons. The summed E-state index contributed by atoms with van der Waals surface area (Å²) >= 11 is -0.156. The number of aromatic nitrogens is 2. The third-order valence-electron chi connectivity index (χ3n) is 9.30. The molecule has 1 unspecified atom stereocenters. The van der Waals surface area contributed by atoms with Gasteiger partial charge in [0.05, 0.1) is 22.1 Å². The number of allylic oxidation sites excluding steroid dienone is 11. The van der Waals surface area contributed by atoms with E-state index in [2.05, 4.69) is 151 Å². The fraction of sp³-hybridized carbons (Fsp3) is 0.0976. The average molecular weight is 679 g/mol. The van der Waals surface area contributed by atoms with Crippen molar-refractivity contribution in [1.29, 1.82) is 0 Å². The minimum Gasteiger partial charge on any atom is -0.313 e. The smallest absolute Gasteiger partial charge is 0.0630 e. The molecule has 3 aliphatic rings. The predicted molar refractivity (Wildman–Crippen MR) is 199 cm³/mol. The number of nitrogens with zero attached hydrogens (tertiary/aromatic N) is 2. The Hall–Kier alpha value is -4.48. The minimum absolute atomic E-state index is 0.156. The fourth-order valence-corrected chi connectivity index (χ4v) is 9.11. The Morgan fingerprint density at radius 2 is 1.45 bits per heavy atom. The zero-order valence-corrected chi connectivity index (χ0v) is 26.5. The Morgan fingerprint density at radius 3 is 2.18 bits per heavy atom. The van der Waals surface area contributed by atoms with Crippen molar-refractivity contribution in [2.75, 3.05) is 0 Å². The van der Waals surface area contributed by atoms with Crippen molar-refractivity contribution in [3.8, 4) is 5.69 Å². The van der Waals surface area contributed by atoms with Gasteiger partial charge in [-0.3, -0.25) is 0 Å². The van der Waals surface area contributed by atoms with Crippen molar-refractivity contribution in [1.82, 2.24) is 9.13 Å². The zero-order valence-electron chi connectivity index (χ0n) is 24.3. The number of fused-ring (bicyclic) bond motifs is 6. The summed E-state index contributed by atoms with van der Waals surface area (Å²) in [5.41, 5.74) is 12.0. The van der Waals surface area contributed by atoms with Gasteiger partial charge in [0.25, 0.3) is 0 Å². The van der Waals surface area contributed by atoms with E-state index in [-0.39, 0.29) is 26.6 Å². The monoisotopic (exact) mass is 678 g/mol. The molecular weight excluding hydrogens is 647 g/mol. The van der Waals surface area contributed by atoms with Gasteiger partial charge < -0.3 is 9.13 Å². The second-order valence-corrected chi connectivity index (χ2v) is 13.8. The largest absolute Gasteiger partial charge is 0.313 e. The van der Waals surface area contributed by atoms with Gasteiger partial charge in [0.15, 0.2) is 0 Å². The second-order valence-electron chi connectivity index (χ2n) is 11.7. The normalized spacial score (nSPS) is 18.0. The van der Waals surface area contributed by atoms with Gasteiger partial charge in [-0.25, -0.2) is 0 Å². The van der Waals surface area contributed by atoms with Crippen molar-refractivity contribution in [3.63, 3.8) is 0 Å². The van der Waals surface area contributed by atoms with Crippen molar-refractivity contribution in [2.45, 2.75) is 25.2 Å². The molecule has 2 aromatic heterocycles. The van der Waals surface area contributed by atoms with Crippen molar-refractivity contribution < 1.29 is 0 Å². The fourth-order valence-electron chi connectivity index (χ4n) is 7.55. The van der Waals surface area contributed by atoms with E-state index in [1.54, 1.807) is 0 Å². The van der Waals surface area contributed by atoms with E-state index >= 15 is 0 Å². The van der Waals surface area contributed by atoms with Crippen molar-refractivity contribution in [2.24, 2.45) is 0 Å². The van der Waals surface area contributed by atoms with Gasteiger partial charge in [0, 0.05) is 44.4 Å². The van der Waals surface area contributed by atoms with Crippen LogP contribution in [0.3, 0.4) is 0 Å². The van der Waals surface area contributed by atoms with Gasteiger partial charge in [0.2, 0.25) is 0 Å². The van der Waals surface area contributed by atoms with E-state index in [0.717, 1.165) is 19.3 Å². The average Bonchev–Trinajstić information content (AvgIpc) is 3.62. The van der Waals surface area contributed by atoms with Gasteiger partial charge >= 0.3 is 0 Å². The van der Waals surface area contributed by atoms with Gasteiger partial charge in [-0.15, -0.1) is 0 Å². The lowest BCUT2D eigenvalue weighted by Crippen LogP contribution is -2.07. The summed E-state index contributed by atoms with van der Waals surface area (Å²) in [6.07, 6.45) is 23.8. The standard InChI is InChI=1S/C41H31IN2/c1-4-15-28(16-5-1)36-38-32-22-10-12-24-34(32)44(31-20-8-3-9-21-31)41(38)37(29-17-14-26-42-27-29)39-33-23-11-13-25-35(33)43(40(36)39)30-18-6-2-7-19-30/h1-6,8-15,17-18,20-28H,7,16,19H2. The highest BCUT2D eigenvalue weighted by atomic mass is 127. The van der Waals surface area contributed by atoms with E-state index in [0.29, 0.717) is 0 Å². The lowest BCUT2D eigenvalue weighted by molar-refractivity contribution is 0.863. The lowest BCUT2D eigenvalue weighted by atomic mass is 9.84. The first-order chi connectivity index (χ1) is 21.9. The number of halogens is 1. The van der Waals surface area contributed by atoms with Crippen LogP contribution in [-0.4, -0.2) is 13.1 Å². The van der Waals surface area contributed by atoms with Gasteiger partial charge in [-0.2, -0.15) is 0 Å². The number of hydrogen-bond acceptors (Lipinski definition) is 0. The molecule has 44 heavy (non-hydrogen) atoms. The summed E-state index contributed by atoms with van der Waals surface area (Å²) in [7, 11) is 0. The quantitative estimate of drug-likeness (QED) is 0.164. The van der Waals surface area contributed by atoms with Crippen LogP contribution in [0.4, 0.5) is 0 Å². The lowest BCUT2D eigenvalue weighted by Gasteiger charge is -2.23. The molecule has 3 heterocycles. The third-order valence-corrected chi connectivity index (χ3v) is 11.2. The van der Waals surface area contributed by atoms with E-state index in [4.69, 9.17) is 0 Å². The molecule has 2 nitrogen and oxygen atoms in total. The molecule has 0 amide bonds. The molecular formula is C41H31IN2. The number of rotatable bonds is 4. The number of para-hydroxylation sites is 3. The molecule has 0 fully saturated rings. The summed E-state index contributed by atoms with van der Waals surface area (Å²) in [4.78, 5) is 0. The Balaban J connectivity index is 1.62. The second kappa shape index (κ2) is 10.6. The van der Waals surface area contributed by atoms with Crippen LogP contribution in [-0.2, 0) is 0 Å². The predicted octanol–water partition coefficient (Wildman–Crippen LogP) is 11.4. The molecule has 0 saturated heterocycles. The molecule has 1 atom stereocenters. The summed E-state index contributed by atoms with van der Waals surface area (Å²) in [5.74, 6) is 0.272. The van der Waals surface area contributed by atoms with Crippen LogP contribution in [0.5, 0.6) is 0 Å². The Morgan fingerprint density at radius 1 is 0.682 bits per heavy atom. The first-order valence-electron chi connectivity index (χ1n) is 15.5. The highest BCUT2D eigenvalue weighted by Gasteiger charge is 2.31. The molecule has 3 heteroatoms.